The molecule has 0 radical (unpaired) electrons. The summed E-state index contributed by atoms with van der Waals surface area (Å²) >= 11 is 4.72. The van der Waals surface area contributed by atoms with Gasteiger partial charge < -0.3 is 14.8 Å². The third kappa shape index (κ3) is 5.47. The second-order valence-corrected chi connectivity index (χ2v) is 8.88. The minimum Gasteiger partial charge on any atom is -0.496 e. The van der Waals surface area contributed by atoms with Crippen LogP contribution in [0.3, 0.4) is 0 Å². The highest BCUT2D eigenvalue weighted by Gasteiger charge is 2.22. The lowest BCUT2D eigenvalue weighted by molar-refractivity contribution is -0.111. The second kappa shape index (κ2) is 10.6. The lowest BCUT2D eigenvalue weighted by Gasteiger charge is -2.09. The molecule has 1 N–H and O–H groups in total. The van der Waals surface area contributed by atoms with Gasteiger partial charge in [-0.3, -0.25) is 4.79 Å². The molecule has 7 heteroatoms. The van der Waals surface area contributed by atoms with Gasteiger partial charge in [0.2, 0.25) is 5.91 Å². The number of ether oxygens (including phenoxy) is 2. The lowest BCUT2D eigenvalue weighted by atomic mass is 9.99. The number of nitrogens with one attached hydrogen (secondary N) is 1. The van der Waals surface area contributed by atoms with E-state index in [2.05, 4.69) is 21.2 Å². The van der Waals surface area contributed by atoms with Crippen molar-refractivity contribution in [3.05, 3.63) is 74.6 Å². The Balaban J connectivity index is 1.91. The van der Waals surface area contributed by atoms with E-state index in [1.165, 1.54) is 23.0 Å². The number of carbonyl (C=O) groups is 2. The highest BCUT2D eigenvalue weighted by molar-refractivity contribution is 9.10. The first kappa shape index (κ1) is 23.8. The minimum absolute atomic E-state index is 0.247. The van der Waals surface area contributed by atoms with Crippen LogP contribution in [0.2, 0.25) is 0 Å². The van der Waals surface area contributed by atoms with Crippen LogP contribution in [-0.4, -0.2) is 25.6 Å². The predicted molar refractivity (Wildman–Crippen MR) is 134 cm³/mol. The van der Waals surface area contributed by atoms with Gasteiger partial charge in [-0.15, -0.1) is 11.3 Å². The quantitative estimate of drug-likeness (QED) is 0.284. The maximum Gasteiger partial charge on any atom is 0.341 e. The Bertz CT molecular complexity index is 1180. The molecule has 0 aliphatic carbocycles. The average molecular weight is 514 g/mol. The Labute approximate surface area is 200 Å². The van der Waals surface area contributed by atoms with Crippen molar-refractivity contribution < 1.29 is 19.1 Å². The Morgan fingerprint density at radius 3 is 2.59 bits per heavy atom. The minimum atomic E-state index is -0.463. The van der Waals surface area contributed by atoms with Gasteiger partial charge in [0.05, 0.1) is 13.7 Å². The average Bonchev–Trinajstić information content (AvgIpc) is 3.18. The molecule has 3 aromatic rings. The van der Waals surface area contributed by atoms with Crippen LogP contribution in [0.25, 0.3) is 17.2 Å². The Morgan fingerprint density at radius 2 is 1.91 bits per heavy atom. The standard InChI is InChI=1S/C25H24BrNO4S/c1-5-31-25(29)23-20(17-7-6-15(2)16(3)12-17)14-32-24(23)27-22(28)11-8-18-13-19(26)9-10-21(18)30-4/h6-14H,5H2,1-4H3,(H,27,28)/b11-8+. The van der Waals surface area contributed by atoms with E-state index in [-0.39, 0.29) is 12.5 Å². The van der Waals surface area contributed by atoms with Crippen molar-refractivity contribution in [2.45, 2.75) is 20.8 Å². The molecule has 32 heavy (non-hydrogen) atoms. The third-order valence-corrected chi connectivity index (χ3v) is 6.32. The number of esters is 1. The Morgan fingerprint density at radius 1 is 1.12 bits per heavy atom. The summed E-state index contributed by atoms with van der Waals surface area (Å²) in [4.78, 5) is 25.4. The number of rotatable bonds is 7. The van der Waals surface area contributed by atoms with Crippen LogP contribution in [-0.2, 0) is 9.53 Å². The van der Waals surface area contributed by atoms with Crippen molar-refractivity contribution in [3.8, 4) is 16.9 Å². The third-order valence-electron chi connectivity index (χ3n) is 4.93. The van der Waals surface area contributed by atoms with E-state index in [9.17, 15) is 9.59 Å². The molecule has 1 aromatic heterocycles. The molecule has 0 atom stereocenters. The van der Waals surface area contributed by atoms with E-state index in [4.69, 9.17) is 9.47 Å². The van der Waals surface area contributed by atoms with Crippen LogP contribution >= 0.6 is 27.3 Å². The van der Waals surface area contributed by atoms with Crippen molar-refractivity contribution in [2.24, 2.45) is 0 Å². The van der Waals surface area contributed by atoms with Crippen LogP contribution in [0.4, 0.5) is 5.00 Å². The van der Waals surface area contributed by atoms with Gasteiger partial charge in [0.25, 0.3) is 0 Å². The number of amides is 1. The largest absolute Gasteiger partial charge is 0.496 e. The number of benzene rings is 2. The molecule has 0 fully saturated rings. The Hall–Kier alpha value is -2.90. The number of hydrogen-bond acceptors (Lipinski definition) is 5. The zero-order valence-corrected chi connectivity index (χ0v) is 20.7. The van der Waals surface area contributed by atoms with Gasteiger partial charge in [0.15, 0.2) is 0 Å². The van der Waals surface area contributed by atoms with Crippen LogP contribution < -0.4 is 10.1 Å². The first-order chi connectivity index (χ1) is 15.3. The van der Waals surface area contributed by atoms with Crippen LogP contribution in [0, 0.1) is 13.8 Å². The van der Waals surface area contributed by atoms with Crippen LogP contribution in [0.15, 0.2) is 52.3 Å². The number of carbonyl (C=O) groups excluding carboxylic acids is 2. The molecule has 3 rings (SSSR count). The number of aryl methyl sites for hydroxylation is 2. The second-order valence-electron chi connectivity index (χ2n) is 7.08. The van der Waals surface area contributed by atoms with Crippen molar-refractivity contribution >= 4 is 50.2 Å². The molecule has 0 bridgehead atoms. The van der Waals surface area contributed by atoms with Gasteiger partial charge in [-0.05, 0) is 61.7 Å². The van der Waals surface area contributed by atoms with Crippen molar-refractivity contribution in [1.82, 2.24) is 0 Å². The fraction of sp³-hybridized carbons (Fsp3) is 0.200. The van der Waals surface area contributed by atoms with Gasteiger partial charge >= 0.3 is 5.97 Å². The zero-order valence-electron chi connectivity index (χ0n) is 18.3. The normalized spacial score (nSPS) is 10.9. The van der Waals surface area contributed by atoms with Crippen molar-refractivity contribution in [2.75, 3.05) is 19.0 Å². The summed E-state index contributed by atoms with van der Waals surface area (Å²) in [7, 11) is 1.58. The SMILES string of the molecule is CCOC(=O)c1c(-c2ccc(C)c(C)c2)csc1NC(=O)/C=C/c1cc(Br)ccc1OC. The summed E-state index contributed by atoms with van der Waals surface area (Å²) in [5.41, 5.74) is 5.06. The topological polar surface area (TPSA) is 64.6 Å². The van der Waals surface area contributed by atoms with Crippen LogP contribution in [0.1, 0.15) is 34.0 Å². The van der Waals surface area contributed by atoms with E-state index in [1.54, 1.807) is 20.1 Å². The molecule has 2 aromatic carbocycles. The summed E-state index contributed by atoms with van der Waals surface area (Å²) < 4.78 is 11.5. The van der Waals surface area contributed by atoms with Gasteiger partial charge in [-0.1, -0.05) is 34.1 Å². The fourth-order valence-electron chi connectivity index (χ4n) is 3.13. The molecule has 1 heterocycles. The summed E-state index contributed by atoms with van der Waals surface area (Å²) in [5.74, 6) is -0.168. The molecule has 0 saturated heterocycles. The molecule has 0 aliphatic heterocycles. The molecule has 5 nitrogen and oxygen atoms in total. The summed E-state index contributed by atoms with van der Waals surface area (Å²) in [6.07, 6.45) is 3.08. The molecule has 0 aliphatic rings. The van der Waals surface area contributed by atoms with Gasteiger partial charge in [0.1, 0.15) is 16.3 Å². The smallest absolute Gasteiger partial charge is 0.341 e. The number of thiophene rings is 1. The highest BCUT2D eigenvalue weighted by atomic mass is 79.9. The summed E-state index contributed by atoms with van der Waals surface area (Å²) in [5, 5.41) is 5.15. The van der Waals surface area contributed by atoms with E-state index in [1.807, 2.05) is 55.6 Å². The van der Waals surface area contributed by atoms with Crippen molar-refractivity contribution in [3.63, 3.8) is 0 Å². The van der Waals surface area contributed by atoms with Gasteiger partial charge in [0, 0.05) is 27.1 Å². The maximum atomic E-state index is 12.7. The molecule has 0 spiro atoms. The van der Waals surface area contributed by atoms with E-state index < -0.39 is 5.97 Å². The monoisotopic (exact) mass is 513 g/mol. The molecule has 1 amide bonds. The molecular formula is C25H24BrNO4S. The van der Waals surface area contributed by atoms with Crippen molar-refractivity contribution in [1.29, 1.82) is 0 Å². The lowest BCUT2D eigenvalue weighted by Crippen LogP contribution is -2.12. The predicted octanol–water partition coefficient (Wildman–Crippen LogP) is 6.63. The number of anilines is 1. The maximum absolute atomic E-state index is 12.7. The molecule has 166 valence electrons. The number of halogens is 1. The summed E-state index contributed by atoms with van der Waals surface area (Å²) in [6.45, 7) is 6.07. The molecule has 0 unspecified atom stereocenters. The number of hydrogen-bond donors (Lipinski definition) is 1. The first-order valence-electron chi connectivity index (χ1n) is 10.0. The van der Waals surface area contributed by atoms with Crippen LogP contribution in [0.5, 0.6) is 5.75 Å². The van der Waals surface area contributed by atoms with E-state index in [0.717, 1.165) is 26.7 Å². The first-order valence-corrected chi connectivity index (χ1v) is 11.7. The Kier molecular flexibility index (Phi) is 7.88. The van der Waals surface area contributed by atoms with Gasteiger partial charge in [-0.25, -0.2) is 4.79 Å². The van der Waals surface area contributed by atoms with E-state index in [0.29, 0.717) is 16.3 Å². The molecular weight excluding hydrogens is 490 g/mol. The fourth-order valence-corrected chi connectivity index (χ4v) is 4.47. The molecule has 0 saturated carbocycles. The van der Waals surface area contributed by atoms with E-state index >= 15 is 0 Å². The van der Waals surface area contributed by atoms with Gasteiger partial charge in [-0.2, -0.15) is 0 Å². The zero-order chi connectivity index (χ0) is 23.3. The highest BCUT2D eigenvalue weighted by Crippen LogP contribution is 2.37. The number of methoxy groups -OCH3 is 1. The summed E-state index contributed by atoms with van der Waals surface area (Å²) in [6, 6.07) is 11.6.